The maximum Gasteiger partial charge on any atom is 0.346 e. The zero-order valence-electron chi connectivity index (χ0n) is 13.0. The van der Waals surface area contributed by atoms with Crippen LogP contribution in [0.15, 0.2) is 63.8 Å². The molecule has 1 aromatic heterocycles. The van der Waals surface area contributed by atoms with Crippen LogP contribution >= 0.6 is 0 Å². The van der Waals surface area contributed by atoms with Gasteiger partial charge in [-0.15, -0.1) is 0 Å². The molecule has 0 spiro atoms. The summed E-state index contributed by atoms with van der Waals surface area (Å²) in [6.45, 7) is 1.37. The van der Waals surface area contributed by atoms with Gasteiger partial charge in [0, 0.05) is 6.42 Å². The summed E-state index contributed by atoms with van der Waals surface area (Å²) in [6, 6.07) is 16.0. The molecule has 5 heteroatoms. The zero-order chi connectivity index (χ0) is 16.9. The van der Waals surface area contributed by atoms with Gasteiger partial charge in [-0.25, -0.2) is 4.79 Å². The highest BCUT2D eigenvalue weighted by Gasteiger charge is 2.58. The van der Waals surface area contributed by atoms with E-state index in [2.05, 4.69) is 0 Å². The molecule has 2 atom stereocenters. The number of ether oxygens (including phenoxy) is 1. The van der Waals surface area contributed by atoms with Gasteiger partial charge in [-0.3, -0.25) is 0 Å². The lowest BCUT2D eigenvalue weighted by atomic mass is 9.86. The second-order valence-electron chi connectivity index (χ2n) is 6.21. The first-order valence-corrected chi connectivity index (χ1v) is 7.66. The van der Waals surface area contributed by atoms with E-state index in [9.17, 15) is 15.0 Å². The Balaban J connectivity index is 1.90. The highest BCUT2D eigenvalue weighted by molar-refractivity contribution is 5.85. The molecule has 24 heavy (non-hydrogen) atoms. The number of fused-ring (bicyclic) bond motifs is 3. The van der Waals surface area contributed by atoms with Crippen LogP contribution < -0.4 is 10.4 Å². The van der Waals surface area contributed by atoms with Gasteiger partial charge in [0.2, 0.25) is 5.79 Å². The molecule has 2 unspecified atom stereocenters. The van der Waals surface area contributed by atoms with Gasteiger partial charge in [-0.05, 0) is 24.6 Å². The Bertz CT molecular complexity index is 974. The first kappa shape index (κ1) is 14.9. The molecule has 0 amide bonds. The number of hydrogen-bond acceptors (Lipinski definition) is 5. The summed E-state index contributed by atoms with van der Waals surface area (Å²) in [7, 11) is 0. The minimum absolute atomic E-state index is 0.0310. The largest absolute Gasteiger partial charge is 0.457 e. The van der Waals surface area contributed by atoms with E-state index >= 15 is 0 Å². The lowest BCUT2D eigenvalue weighted by Gasteiger charge is -2.33. The van der Waals surface area contributed by atoms with E-state index in [0.29, 0.717) is 11.0 Å². The average molecular weight is 324 g/mol. The van der Waals surface area contributed by atoms with Crippen LogP contribution in [0.2, 0.25) is 0 Å². The van der Waals surface area contributed by atoms with Gasteiger partial charge in [0.05, 0.1) is 5.39 Å². The molecule has 3 aromatic rings. The summed E-state index contributed by atoms with van der Waals surface area (Å²) in [4.78, 5) is 12.4. The second kappa shape index (κ2) is 4.93. The van der Waals surface area contributed by atoms with Crippen molar-refractivity contribution < 1.29 is 19.4 Å². The third-order valence-corrected chi connectivity index (χ3v) is 4.57. The minimum atomic E-state index is -1.96. The van der Waals surface area contributed by atoms with Gasteiger partial charge in [0.25, 0.3) is 0 Å². The minimum Gasteiger partial charge on any atom is -0.457 e. The quantitative estimate of drug-likeness (QED) is 0.707. The normalized spacial score (nSPS) is 25.5. The number of benzene rings is 2. The summed E-state index contributed by atoms with van der Waals surface area (Å²) >= 11 is 0. The maximum atomic E-state index is 12.4. The molecule has 0 fully saturated rings. The van der Waals surface area contributed by atoms with Crippen LogP contribution in [0, 0.1) is 0 Å². The Kier molecular flexibility index (Phi) is 3.07. The van der Waals surface area contributed by atoms with Gasteiger partial charge in [0.1, 0.15) is 16.9 Å². The molecule has 0 saturated carbocycles. The predicted octanol–water partition coefficient (Wildman–Crippen LogP) is 2.32. The van der Waals surface area contributed by atoms with E-state index in [4.69, 9.17) is 9.15 Å². The molecule has 4 rings (SSSR count). The van der Waals surface area contributed by atoms with E-state index in [1.807, 2.05) is 30.3 Å². The zero-order valence-corrected chi connectivity index (χ0v) is 13.0. The summed E-state index contributed by atoms with van der Waals surface area (Å²) in [5.74, 6) is -1.79. The summed E-state index contributed by atoms with van der Waals surface area (Å²) < 4.78 is 11.0. The molecule has 1 aliphatic heterocycles. The van der Waals surface area contributed by atoms with Crippen molar-refractivity contribution in [2.75, 3.05) is 0 Å². The molecule has 2 aromatic carbocycles. The molecule has 122 valence electrons. The van der Waals surface area contributed by atoms with Crippen molar-refractivity contribution in [3.63, 3.8) is 0 Å². The van der Waals surface area contributed by atoms with Gasteiger partial charge in [-0.1, -0.05) is 42.5 Å². The smallest absolute Gasteiger partial charge is 0.346 e. The van der Waals surface area contributed by atoms with Crippen molar-refractivity contribution >= 4 is 11.0 Å². The van der Waals surface area contributed by atoms with Crippen LogP contribution in [0.4, 0.5) is 0 Å². The standard InChI is InChI=1S/C19H16O5/c1-18(21)15-16(13-9-5-6-10-14(13)23-17(15)20)24-19(18,22)11-12-7-3-2-4-8-12/h2-10,21-22H,11H2,1H3. The van der Waals surface area contributed by atoms with E-state index in [1.165, 1.54) is 6.92 Å². The lowest BCUT2D eigenvalue weighted by Crippen LogP contribution is -2.52. The number of para-hydroxylation sites is 1. The van der Waals surface area contributed by atoms with Crippen molar-refractivity contribution in [1.29, 1.82) is 0 Å². The van der Waals surface area contributed by atoms with Crippen molar-refractivity contribution in [3.05, 3.63) is 76.1 Å². The first-order valence-electron chi connectivity index (χ1n) is 7.66. The molecule has 0 bridgehead atoms. The van der Waals surface area contributed by atoms with Crippen molar-refractivity contribution in [3.8, 4) is 5.75 Å². The van der Waals surface area contributed by atoms with Crippen LogP contribution in [-0.4, -0.2) is 16.0 Å². The molecule has 2 heterocycles. The predicted molar refractivity (Wildman–Crippen MR) is 87.8 cm³/mol. The molecule has 0 aliphatic carbocycles. The van der Waals surface area contributed by atoms with Crippen molar-refractivity contribution in [2.45, 2.75) is 24.7 Å². The van der Waals surface area contributed by atoms with Crippen LogP contribution in [0.5, 0.6) is 5.75 Å². The van der Waals surface area contributed by atoms with Crippen LogP contribution in [0.25, 0.3) is 11.0 Å². The number of hydrogen-bond donors (Lipinski definition) is 2. The Morgan fingerprint density at radius 3 is 2.42 bits per heavy atom. The van der Waals surface area contributed by atoms with Gasteiger partial charge in [-0.2, -0.15) is 0 Å². The van der Waals surface area contributed by atoms with Gasteiger partial charge in [0.15, 0.2) is 5.60 Å². The van der Waals surface area contributed by atoms with Gasteiger partial charge >= 0.3 is 5.63 Å². The average Bonchev–Trinajstić information content (AvgIpc) is 2.75. The summed E-state index contributed by atoms with van der Waals surface area (Å²) in [5, 5.41) is 22.5. The van der Waals surface area contributed by atoms with Crippen LogP contribution in [0.1, 0.15) is 18.1 Å². The number of rotatable bonds is 2. The van der Waals surface area contributed by atoms with Crippen LogP contribution in [-0.2, 0) is 12.0 Å². The van der Waals surface area contributed by atoms with Crippen molar-refractivity contribution in [2.24, 2.45) is 0 Å². The Morgan fingerprint density at radius 2 is 1.67 bits per heavy atom. The Hall–Kier alpha value is -2.63. The molecular weight excluding hydrogens is 308 g/mol. The van der Waals surface area contributed by atoms with E-state index < -0.39 is 17.0 Å². The highest BCUT2D eigenvalue weighted by atomic mass is 16.7. The monoisotopic (exact) mass is 324 g/mol. The third-order valence-electron chi connectivity index (χ3n) is 4.57. The molecule has 0 radical (unpaired) electrons. The van der Waals surface area contributed by atoms with Crippen LogP contribution in [0.3, 0.4) is 0 Å². The molecular formula is C19H16O5. The molecule has 1 aliphatic rings. The van der Waals surface area contributed by atoms with Crippen molar-refractivity contribution in [1.82, 2.24) is 0 Å². The Labute approximate surface area is 137 Å². The topological polar surface area (TPSA) is 79.9 Å². The van der Waals surface area contributed by atoms with E-state index in [-0.39, 0.29) is 17.7 Å². The van der Waals surface area contributed by atoms with Gasteiger partial charge < -0.3 is 19.4 Å². The second-order valence-corrected chi connectivity index (χ2v) is 6.21. The fourth-order valence-corrected chi connectivity index (χ4v) is 3.19. The highest BCUT2D eigenvalue weighted by Crippen LogP contribution is 2.48. The fourth-order valence-electron chi connectivity index (χ4n) is 3.19. The maximum absolute atomic E-state index is 12.4. The lowest BCUT2D eigenvalue weighted by molar-refractivity contribution is -0.236. The molecule has 2 N–H and O–H groups in total. The van der Waals surface area contributed by atoms with E-state index in [0.717, 1.165) is 5.56 Å². The molecule has 5 nitrogen and oxygen atoms in total. The molecule has 0 saturated heterocycles. The SMILES string of the molecule is CC1(O)c2c(c3ccccc3oc2=O)OC1(O)Cc1ccccc1. The van der Waals surface area contributed by atoms with E-state index in [1.54, 1.807) is 24.3 Å². The summed E-state index contributed by atoms with van der Waals surface area (Å²) in [6.07, 6.45) is 0.0310. The summed E-state index contributed by atoms with van der Waals surface area (Å²) in [5.41, 5.74) is -1.54. The Morgan fingerprint density at radius 1 is 1.00 bits per heavy atom. The first-order chi connectivity index (χ1) is 11.4. The fraction of sp³-hybridized carbons (Fsp3) is 0.211. The third kappa shape index (κ3) is 1.99. The number of aliphatic hydroxyl groups is 2.